The first kappa shape index (κ1) is 13.1. The minimum Gasteiger partial charge on any atom is -0.353 e. The molecule has 1 aromatic heterocycles. The van der Waals surface area contributed by atoms with Crippen molar-refractivity contribution < 1.29 is 4.79 Å². The Morgan fingerprint density at radius 2 is 2.26 bits per heavy atom. The van der Waals surface area contributed by atoms with Crippen LogP contribution in [0.5, 0.6) is 0 Å². The lowest BCUT2D eigenvalue weighted by Crippen LogP contribution is -2.27. The third-order valence-corrected chi connectivity index (χ3v) is 4.15. The zero-order valence-electron chi connectivity index (χ0n) is 9.87. The van der Waals surface area contributed by atoms with Crippen molar-refractivity contribution in [1.29, 1.82) is 0 Å². The second-order valence-electron chi connectivity index (χ2n) is 4.46. The van der Waals surface area contributed by atoms with Crippen LogP contribution in [0, 0.1) is 0 Å². The summed E-state index contributed by atoms with van der Waals surface area (Å²) in [6, 6.07) is 3.81. The molecule has 3 rings (SSSR count). The molecule has 2 N–H and O–H groups in total. The average Bonchev–Trinajstić information content (AvgIpc) is 3.04. The number of H-pyrrole nitrogens is 1. The Kier molecular flexibility index (Phi) is 3.60. The summed E-state index contributed by atoms with van der Waals surface area (Å²) in [5.74, 6) is 0.388. The van der Waals surface area contributed by atoms with Crippen LogP contribution in [0.4, 0.5) is 0 Å². The van der Waals surface area contributed by atoms with Crippen LogP contribution in [0.15, 0.2) is 17.3 Å². The quantitative estimate of drug-likeness (QED) is 0.851. The van der Waals surface area contributed by atoms with Gasteiger partial charge in [-0.2, -0.15) is 0 Å². The van der Waals surface area contributed by atoms with Crippen molar-refractivity contribution in [3.05, 3.63) is 22.2 Å². The number of thioether (sulfide) groups is 1. The highest BCUT2D eigenvalue weighted by molar-refractivity contribution is 7.99. The molecule has 1 amide bonds. The largest absolute Gasteiger partial charge is 0.353 e. The highest BCUT2D eigenvalue weighted by atomic mass is 35.5. The highest BCUT2D eigenvalue weighted by Crippen LogP contribution is 2.28. The van der Waals surface area contributed by atoms with E-state index in [1.54, 1.807) is 12.1 Å². The number of aromatic nitrogens is 2. The Morgan fingerprint density at radius 3 is 3.00 bits per heavy atom. The van der Waals surface area contributed by atoms with Gasteiger partial charge in [-0.05, 0) is 25.0 Å². The van der Waals surface area contributed by atoms with Crippen LogP contribution < -0.4 is 5.32 Å². The van der Waals surface area contributed by atoms with E-state index in [0.29, 0.717) is 32.5 Å². The number of imidazole rings is 1. The standard InChI is InChI=1S/C12H11Cl2N3OS/c13-6-3-8(14)11-9(4-6)16-12(17-11)19-5-10(18)15-7-1-2-7/h3-4,7H,1-2,5H2,(H,15,18)(H,16,17). The number of nitrogens with zero attached hydrogens (tertiary/aromatic N) is 1. The van der Waals surface area contributed by atoms with Crippen molar-refractivity contribution >= 4 is 51.9 Å². The number of hydrogen-bond acceptors (Lipinski definition) is 3. The van der Waals surface area contributed by atoms with Gasteiger partial charge in [-0.3, -0.25) is 4.79 Å². The smallest absolute Gasteiger partial charge is 0.230 e. The molecule has 0 atom stereocenters. The van der Waals surface area contributed by atoms with Gasteiger partial charge in [0, 0.05) is 11.1 Å². The summed E-state index contributed by atoms with van der Waals surface area (Å²) in [6.45, 7) is 0. The van der Waals surface area contributed by atoms with Gasteiger partial charge in [0.05, 0.1) is 16.3 Å². The van der Waals surface area contributed by atoms with Gasteiger partial charge in [0.1, 0.15) is 5.52 Å². The van der Waals surface area contributed by atoms with Crippen molar-refractivity contribution in [2.45, 2.75) is 24.0 Å². The van der Waals surface area contributed by atoms with Crippen LogP contribution in [-0.4, -0.2) is 27.7 Å². The molecule has 100 valence electrons. The molecule has 0 radical (unpaired) electrons. The lowest BCUT2D eigenvalue weighted by atomic mass is 10.3. The topological polar surface area (TPSA) is 57.8 Å². The highest BCUT2D eigenvalue weighted by Gasteiger charge is 2.23. The van der Waals surface area contributed by atoms with E-state index in [2.05, 4.69) is 15.3 Å². The maximum absolute atomic E-state index is 11.6. The third-order valence-electron chi connectivity index (χ3n) is 2.77. The Morgan fingerprint density at radius 1 is 1.47 bits per heavy atom. The lowest BCUT2D eigenvalue weighted by molar-refractivity contribution is -0.118. The van der Waals surface area contributed by atoms with Crippen LogP contribution in [0.25, 0.3) is 11.0 Å². The monoisotopic (exact) mass is 315 g/mol. The first-order chi connectivity index (χ1) is 9.11. The Bertz CT molecular complexity index is 639. The normalized spacial score (nSPS) is 14.8. The lowest BCUT2D eigenvalue weighted by Gasteiger charge is -2.00. The second kappa shape index (κ2) is 5.23. The van der Waals surface area contributed by atoms with E-state index in [-0.39, 0.29) is 5.91 Å². The summed E-state index contributed by atoms with van der Waals surface area (Å²) in [5.41, 5.74) is 1.46. The van der Waals surface area contributed by atoms with Gasteiger partial charge in [0.15, 0.2) is 5.16 Å². The molecule has 4 nitrogen and oxygen atoms in total. The number of carbonyl (C=O) groups excluding carboxylic acids is 1. The predicted octanol–water partition coefficient (Wildman–Crippen LogP) is 3.24. The minimum atomic E-state index is 0.0390. The van der Waals surface area contributed by atoms with Crippen LogP contribution in [0.1, 0.15) is 12.8 Å². The van der Waals surface area contributed by atoms with Crippen molar-refractivity contribution in [3.63, 3.8) is 0 Å². The summed E-state index contributed by atoms with van der Waals surface area (Å²) in [7, 11) is 0. The van der Waals surface area contributed by atoms with Gasteiger partial charge in [-0.15, -0.1) is 0 Å². The summed E-state index contributed by atoms with van der Waals surface area (Å²) >= 11 is 13.3. The number of hydrogen-bond donors (Lipinski definition) is 2. The van der Waals surface area contributed by atoms with Gasteiger partial charge in [0.2, 0.25) is 5.91 Å². The molecule has 0 bridgehead atoms. The van der Waals surface area contributed by atoms with Crippen molar-refractivity contribution in [2.24, 2.45) is 0 Å². The first-order valence-electron chi connectivity index (χ1n) is 5.89. The molecular weight excluding hydrogens is 305 g/mol. The van der Waals surface area contributed by atoms with Gasteiger partial charge < -0.3 is 10.3 Å². The average molecular weight is 316 g/mol. The predicted molar refractivity (Wildman–Crippen MR) is 78.0 cm³/mol. The van der Waals surface area contributed by atoms with Crippen molar-refractivity contribution in [1.82, 2.24) is 15.3 Å². The summed E-state index contributed by atoms with van der Waals surface area (Å²) < 4.78 is 0. The third kappa shape index (κ3) is 3.16. The van der Waals surface area contributed by atoms with E-state index in [1.165, 1.54) is 11.8 Å². The fraction of sp³-hybridized carbons (Fsp3) is 0.333. The molecule has 1 saturated carbocycles. The number of amides is 1. The van der Waals surface area contributed by atoms with Crippen LogP contribution in [-0.2, 0) is 4.79 Å². The zero-order valence-corrected chi connectivity index (χ0v) is 12.2. The maximum Gasteiger partial charge on any atom is 0.230 e. The number of benzene rings is 1. The van der Waals surface area contributed by atoms with Crippen LogP contribution in [0.3, 0.4) is 0 Å². The van der Waals surface area contributed by atoms with Gasteiger partial charge in [-0.25, -0.2) is 4.98 Å². The number of aromatic amines is 1. The van der Waals surface area contributed by atoms with Crippen molar-refractivity contribution in [3.8, 4) is 0 Å². The molecular formula is C12H11Cl2N3OS. The van der Waals surface area contributed by atoms with E-state index >= 15 is 0 Å². The van der Waals surface area contributed by atoms with E-state index < -0.39 is 0 Å². The molecule has 0 aliphatic heterocycles. The number of nitrogens with one attached hydrogen (secondary N) is 2. The molecule has 7 heteroatoms. The second-order valence-corrected chi connectivity index (χ2v) is 6.26. The Balaban J connectivity index is 1.70. The molecule has 19 heavy (non-hydrogen) atoms. The number of fused-ring (bicyclic) bond motifs is 1. The molecule has 1 fully saturated rings. The van der Waals surface area contributed by atoms with Gasteiger partial charge >= 0.3 is 0 Å². The Labute approximate surface area is 124 Å². The fourth-order valence-electron chi connectivity index (χ4n) is 1.72. The van der Waals surface area contributed by atoms with E-state index in [0.717, 1.165) is 18.4 Å². The summed E-state index contributed by atoms with van der Waals surface area (Å²) in [4.78, 5) is 19.0. The summed E-state index contributed by atoms with van der Waals surface area (Å²) in [6.07, 6.45) is 2.18. The molecule has 2 aromatic rings. The van der Waals surface area contributed by atoms with E-state index in [9.17, 15) is 4.79 Å². The molecule has 1 heterocycles. The zero-order chi connectivity index (χ0) is 13.4. The van der Waals surface area contributed by atoms with Gasteiger partial charge in [-0.1, -0.05) is 35.0 Å². The molecule has 1 aliphatic carbocycles. The van der Waals surface area contributed by atoms with Gasteiger partial charge in [0.25, 0.3) is 0 Å². The van der Waals surface area contributed by atoms with Crippen molar-refractivity contribution in [2.75, 3.05) is 5.75 Å². The first-order valence-corrected chi connectivity index (χ1v) is 7.63. The molecule has 0 saturated heterocycles. The minimum absolute atomic E-state index is 0.0390. The maximum atomic E-state index is 11.6. The molecule has 1 aliphatic rings. The summed E-state index contributed by atoms with van der Waals surface area (Å²) in [5, 5.41) is 4.67. The van der Waals surface area contributed by atoms with E-state index in [1.807, 2.05) is 0 Å². The van der Waals surface area contributed by atoms with E-state index in [4.69, 9.17) is 23.2 Å². The number of rotatable bonds is 4. The molecule has 1 aromatic carbocycles. The Hall–Kier alpha value is -0.910. The SMILES string of the molecule is O=C(CSc1nc2c(Cl)cc(Cl)cc2[nH]1)NC1CC1. The molecule has 0 unspecified atom stereocenters. The van der Waals surface area contributed by atoms with Crippen LogP contribution in [0.2, 0.25) is 10.0 Å². The number of carbonyl (C=O) groups is 1. The fourth-order valence-corrected chi connectivity index (χ4v) is 2.94. The molecule has 0 spiro atoms. The number of halogens is 2. The van der Waals surface area contributed by atoms with Crippen LogP contribution >= 0.6 is 35.0 Å².